The molecular formula is C14H13BrFNO. The minimum absolute atomic E-state index is 0.287. The summed E-state index contributed by atoms with van der Waals surface area (Å²) in [6.45, 7) is 0. The summed E-state index contributed by atoms with van der Waals surface area (Å²) in [4.78, 5) is 4.14. The number of pyridine rings is 1. The van der Waals surface area contributed by atoms with Gasteiger partial charge < -0.3 is 5.11 Å². The van der Waals surface area contributed by atoms with Gasteiger partial charge in [0.15, 0.2) is 0 Å². The highest BCUT2D eigenvalue weighted by Crippen LogP contribution is 2.17. The molecule has 1 unspecified atom stereocenters. The van der Waals surface area contributed by atoms with Crippen LogP contribution in [0, 0.1) is 5.82 Å². The van der Waals surface area contributed by atoms with Crippen molar-refractivity contribution in [2.45, 2.75) is 18.9 Å². The first-order valence-electron chi connectivity index (χ1n) is 5.67. The Bertz CT molecular complexity index is 518. The average molecular weight is 310 g/mol. The molecule has 0 saturated carbocycles. The molecule has 0 radical (unpaired) electrons. The van der Waals surface area contributed by atoms with Gasteiger partial charge in [-0.3, -0.25) is 4.98 Å². The summed E-state index contributed by atoms with van der Waals surface area (Å²) < 4.78 is 14.3. The molecule has 1 aromatic heterocycles. The standard InChI is InChI=1S/C14H13BrFNO/c15-11-5-4-10(14(16)8-11)7-13(18)9-12-3-1-2-6-17-12/h1-6,8,13,18H,7,9H2. The van der Waals surface area contributed by atoms with E-state index >= 15 is 0 Å². The van der Waals surface area contributed by atoms with Gasteiger partial charge in [0.2, 0.25) is 0 Å². The van der Waals surface area contributed by atoms with Crippen LogP contribution in [0.2, 0.25) is 0 Å². The predicted molar refractivity (Wildman–Crippen MR) is 71.8 cm³/mol. The highest BCUT2D eigenvalue weighted by molar-refractivity contribution is 9.10. The first-order valence-corrected chi connectivity index (χ1v) is 6.46. The van der Waals surface area contributed by atoms with E-state index in [2.05, 4.69) is 20.9 Å². The quantitative estimate of drug-likeness (QED) is 0.941. The Kier molecular flexibility index (Phi) is 4.44. The monoisotopic (exact) mass is 309 g/mol. The predicted octanol–water partition coefficient (Wildman–Crippen LogP) is 3.13. The molecule has 0 aliphatic carbocycles. The fraction of sp³-hybridized carbons (Fsp3) is 0.214. The van der Waals surface area contributed by atoms with Crippen LogP contribution in [0.4, 0.5) is 4.39 Å². The van der Waals surface area contributed by atoms with Crippen molar-refractivity contribution in [3.63, 3.8) is 0 Å². The lowest BCUT2D eigenvalue weighted by atomic mass is 10.0. The fourth-order valence-corrected chi connectivity index (χ4v) is 2.11. The van der Waals surface area contributed by atoms with Crippen LogP contribution in [-0.4, -0.2) is 16.2 Å². The molecule has 1 atom stereocenters. The van der Waals surface area contributed by atoms with Crippen LogP contribution in [0.15, 0.2) is 47.1 Å². The smallest absolute Gasteiger partial charge is 0.127 e. The van der Waals surface area contributed by atoms with Crippen LogP contribution in [-0.2, 0) is 12.8 Å². The molecule has 0 bridgehead atoms. The van der Waals surface area contributed by atoms with Crippen molar-refractivity contribution in [2.75, 3.05) is 0 Å². The summed E-state index contributed by atoms with van der Waals surface area (Å²) in [5.41, 5.74) is 1.32. The van der Waals surface area contributed by atoms with Crippen LogP contribution in [0.5, 0.6) is 0 Å². The molecule has 0 saturated heterocycles. The lowest BCUT2D eigenvalue weighted by Gasteiger charge is -2.11. The third-order valence-corrected chi connectivity index (χ3v) is 3.13. The van der Waals surface area contributed by atoms with Crippen molar-refractivity contribution in [3.8, 4) is 0 Å². The van der Waals surface area contributed by atoms with Crippen molar-refractivity contribution < 1.29 is 9.50 Å². The van der Waals surface area contributed by atoms with Gasteiger partial charge in [-0.1, -0.05) is 28.1 Å². The van der Waals surface area contributed by atoms with Gasteiger partial charge in [0, 0.05) is 29.2 Å². The molecule has 0 fully saturated rings. The maximum atomic E-state index is 13.6. The van der Waals surface area contributed by atoms with Gasteiger partial charge in [0.05, 0.1) is 6.10 Å². The summed E-state index contributed by atoms with van der Waals surface area (Å²) in [5, 5.41) is 9.93. The number of aromatic nitrogens is 1. The number of aliphatic hydroxyl groups is 1. The molecule has 2 rings (SSSR count). The second kappa shape index (κ2) is 6.07. The molecule has 0 amide bonds. The Balaban J connectivity index is 2.01. The summed E-state index contributed by atoms with van der Waals surface area (Å²) in [7, 11) is 0. The normalized spacial score (nSPS) is 12.4. The minimum Gasteiger partial charge on any atom is -0.392 e. The lowest BCUT2D eigenvalue weighted by molar-refractivity contribution is 0.173. The largest absolute Gasteiger partial charge is 0.392 e. The molecule has 18 heavy (non-hydrogen) atoms. The van der Waals surface area contributed by atoms with E-state index in [9.17, 15) is 9.50 Å². The fourth-order valence-electron chi connectivity index (χ4n) is 1.77. The lowest BCUT2D eigenvalue weighted by Crippen LogP contribution is -2.15. The van der Waals surface area contributed by atoms with Crippen molar-refractivity contribution in [3.05, 3.63) is 64.1 Å². The molecule has 1 aromatic carbocycles. The topological polar surface area (TPSA) is 33.1 Å². The van der Waals surface area contributed by atoms with Gasteiger partial charge in [-0.05, 0) is 29.8 Å². The third-order valence-electron chi connectivity index (χ3n) is 2.64. The van der Waals surface area contributed by atoms with Gasteiger partial charge in [-0.25, -0.2) is 4.39 Å². The van der Waals surface area contributed by atoms with E-state index in [1.807, 2.05) is 18.2 Å². The number of aliphatic hydroxyl groups excluding tert-OH is 1. The SMILES string of the molecule is OC(Cc1ccccn1)Cc1ccc(Br)cc1F. The molecule has 1 heterocycles. The van der Waals surface area contributed by atoms with Crippen LogP contribution in [0.1, 0.15) is 11.3 Å². The Morgan fingerprint density at radius 2 is 2.06 bits per heavy atom. The Labute approximate surface area is 114 Å². The van der Waals surface area contributed by atoms with Crippen molar-refractivity contribution >= 4 is 15.9 Å². The van der Waals surface area contributed by atoms with Crippen molar-refractivity contribution in [1.82, 2.24) is 4.98 Å². The number of hydrogen-bond acceptors (Lipinski definition) is 2. The maximum Gasteiger partial charge on any atom is 0.127 e. The first kappa shape index (κ1) is 13.2. The van der Waals surface area contributed by atoms with Crippen LogP contribution in [0.3, 0.4) is 0 Å². The van der Waals surface area contributed by atoms with E-state index in [0.29, 0.717) is 16.5 Å². The molecule has 0 spiro atoms. The van der Waals surface area contributed by atoms with Crippen LogP contribution < -0.4 is 0 Å². The number of rotatable bonds is 4. The summed E-state index contributed by atoms with van der Waals surface area (Å²) in [5.74, 6) is -0.301. The molecule has 0 aliphatic rings. The summed E-state index contributed by atoms with van der Waals surface area (Å²) >= 11 is 3.20. The number of nitrogens with zero attached hydrogens (tertiary/aromatic N) is 1. The highest BCUT2D eigenvalue weighted by atomic mass is 79.9. The van der Waals surface area contributed by atoms with Gasteiger partial charge >= 0.3 is 0 Å². The average Bonchev–Trinajstić information content (AvgIpc) is 2.34. The van der Waals surface area contributed by atoms with Gasteiger partial charge in [0.1, 0.15) is 5.82 Å². The second-order valence-corrected chi connectivity index (χ2v) is 5.03. The minimum atomic E-state index is -0.629. The van der Waals surface area contributed by atoms with E-state index in [-0.39, 0.29) is 12.2 Å². The summed E-state index contributed by atoms with van der Waals surface area (Å²) in [6.07, 6.45) is 1.77. The van der Waals surface area contributed by atoms with E-state index in [4.69, 9.17) is 0 Å². The number of halogens is 2. The first-order chi connectivity index (χ1) is 8.65. The van der Waals surface area contributed by atoms with E-state index in [1.54, 1.807) is 18.3 Å². The van der Waals surface area contributed by atoms with Gasteiger partial charge in [0.25, 0.3) is 0 Å². The molecule has 0 aliphatic heterocycles. The Hall–Kier alpha value is -1.26. The summed E-state index contributed by atoms with van der Waals surface area (Å²) in [6, 6.07) is 10.4. The van der Waals surface area contributed by atoms with Crippen LogP contribution >= 0.6 is 15.9 Å². The van der Waals surface area contributed by atoms with E-state index in [1.165, 1.54) is 6.07 Å². The van der Waals surface area contributed by atoms with Gasteiger partial charge in [-0.15, -0.1) is 0 Å². The van der Waals surface area contributed by atoms with Crippen LogP contribution in [0.25, 0.3) is 0 Å². The highest BCUT2D eigenvalue weighted by Gasteiger charge is 2.11. The maximum absolute atomic E-state index is 13.6. The Morgan fingerprint density at radius 3 is 2.72 bits per heavy atom. The zero-order valence-electron chi connectivity index (χ0n) is 9.68. The van der Waals surface area contributed by atoms with Crippen molar-refractivity contribution in [1.29, 1.82) is 0 Å². The van der Waals surface area contributed by atoms with Gasteiger partial charge in [-0.2, -0.15) is 0 Å². The zero-order valence-corrected chi connectivity index (χ0v) is 11.3. The van der Waals surface area contributed by atoms with E-state index < -0.39 is 6.10 Å². The molecule has 1 N–H and O–H groups in total. The zero-order chi connectivity index (χ0) is 13.0. The molecule has 2 aromatic rings. The second-order valence-electron chi connectivity index (χ2n) is 4.12. The number of hydrogen-bond donors (Lipinski definition) is 1. The van der Waals surface area contributed by atoms with Crippen molar-refractivity contribution in [2.24, 2.45) is 0 Å². The Morgan fingerprint density at radius 1 is 1.22 bits per heavy atom. The third kappa shape index (κ3) is 3.62. The number of benzene rings is 1. The molecular weight excluding hydrogens is 297 g/mol. The molecule has 4 heteroatoms. The molecule has 2 nitrogen and oxygen atoms in total. The van der Waals surface area contributed by atoms with E-state index in [0.717, 1.165) is 5.69 Å². The molecule has 94 valence electrons.